The number of amides is 1. The number of aromatic nitrogens is 2. The minimum atomic E-state index is -3.95. The van der Waals surface area contributed by atoms with Crippen LogP contribution < -0.4 is 4.72 Å². The Bertz CT molecular complexity index is 1550. The minimum absolute atomic E-state index is 0.0389. The molecule has 0 aliphatic carbocycles. The van der Waals surface area contributed by atoms with E-state index in [1.54, 1.807) is 4.72 Å². The van der Waals surface area contributed by atoms with Crippen LogP contribution in [0, 0.1) is 23.3 Å². The quantitative estimate of drug-likeness (QED) is 0.418. The molecule has 4 rings (SSSR count). The van der Waals surface area contributed by atoms with Gasteiger partial charge >= 0.3 is 0 Å². The van der Waals surface area contributed by atoms with E-state index in [1.807, 2.05) is 0 Å². The Morgan fingerprint density at radius 2 is 1.73 bits per heavy atom. The highest BCUT2D eigenvalue weighted by molar-refractivity contribution is 7.89. The average molecular weight is 498 g/mol. The maximum Gasteiger partial charge on any atom is 0.267 e. The summed E-state index contributed by atoms with van der Waals surface area (Å²) in [7, 11) is -3.95. The molecule has 12 heteroatoms. The lowest BCUT2D eigenvalue weighted by molar-refractivity contribution is 0.0978. The molecule has 0 bridgehead atoms. The van der Waals surface area contributed by atoms with Gasteiger partial charge in [-0.2, -0.15) is 0 Å². The second kappa shape index (κ2) is 8.16. The topological polar surface area (TPSA) is 81.1 Å². The fourth-order valence-electron chi connectivity index (χ4n) is 3.31. The van der Waals surface area contributed by atoms with Gasteiger partial charge in [-0.3, -0.25) is 9.36 Å². The van der Waals surface area contributed by atoms with E-state index in [1.165, 1.54) is 10.8 Å². The third-order valence-corrected chi connectivity index (χ3v) is 5.51. The van der Waals surface area contributed by atoms with Crippen LogP contribution in [-0.4, -0.2) is 30.1 Å². The van der Waals surface area contributed by atoms with Crippen LogP contribution in [0.4, 0.5) is 17.6 Å². The maximum absolute atomic E-state index is 14.7. The molecule has 0 fully saturated rings. The van der Waals surface area contributed by atoms with Crippen molar-refractivity contribution in [3.63, 3.8) is 0 Å². The number of hydrogen-bond acceptors (Lipinski definition) is 4. The van der Waals surface area contributed by atoms with Crippen molar-refractivity contribution in [3.05, 3.63) is 82.6 Å². The van der Waals surface area contributed by atoms with Crippen LogP contribution in [0.1, 0.15) is 10.4 Å². The first-order valence-corrected chi connectivity index (χ1v) is 11.3. The molecule has 2 aromatic heterocycles. The van der Waals surface area contributed by atoms with Crippen molar-refractivity contribution in [1.29, 1.82) is 0 Å². The Morgan fingerprint density at radius 1 is 1.00 bits per heavy atom. The fourth-order valence-corrected chi connectivity index (χ4v) is 4.01. The number of carbonyl (C=O) groups is 1. The number of benzene rings is 2. The standard InChI is InChI=1S/C21H12ClF4N3O3S/c1-33(31,32)28-21(30)14-6-16(22)19(7-18(14)26)29-9-15(12-3-2-10(23)5-17(12)25)13-4-11(24)8-27-20(13)29/h2-9H,1H3,(H,28,30). The Kier molecular flexibility index (Phi) is 5.62. The lowest BCUT2D eigenvalue weighted by atomic mass is 10.1. The first-order valence-electron chi connectivity index (χ1n) is 9.08. The molecule has 170 valence electrons. The van der Waals surface area contributed by atoms with Crippen LogP contribution in [-0.2, 0) is 10.0 Å². The minimum Gasteiger partial charge on any atom is -0.299 e. The van der Waals surface area contributed by atoms with Crippen molar-refractivity contribution in [1.82, 2.24) is 14.3 Å². The summed E-state index contributed by atoms with van der Waals surface area (Å²) in [6.07, 6.45) is 2.93. The van der Waals surface area contributed by atoms with E-state index in [-0.39, 0.29) is 32.9 Å². The highest BCUT2D eigenvalue weighted by Gasteiger charge is 2.22. The summed E-state index contributed by atoms with van der Waals surface area (Å²) >= 11 is 6.25. The van der Waals surface area contributed by atoms with E-state index in [0.29, 0.717) is 6.07 Å². The normalized spacial score (nSPS) is 11.7. The zero-order chi connectivity index (χ0) is 24.1. The molecule has 0 radical (unpaired) electrons. The van der Waals surface area contributed by atoms with Crippen LogP contribution in [0.2, 0.25) is 5.02 Å². The number of fused-ring (bicyclic) bond motifs is 1. The molecule has 0 atom stereocenters. The Labute approximate surface area is 189 Å². The van der Waals surface area contributed by atoms with E-state index in [4.69, 9.17) is 11.6 Å². The summed E-state index contributed by atoms with van der Waals surface area (Å²) in [5, 5.41) is -0.0416. The molecule has 4 aromatic rings. The summed E-state index contributed by atoms with van der Waals surface area (Å²) in [5.41, 5.74) is -0.527. The van der Waals surface area contributed by atoms with Crippen LogP contribution in [0.15, 0.2) is 48.8 Å². The van der Waals surface area contributed by atoms with Gasteiger partial charge in [-0.1, -0.05) is 11.6 Å². The molecule has 0 unspecified atom stereocenters. The van der Waals surface area contributed by atoms with Crippen LogP contribution >= 0.6 is 11.6 Å². The van der Waals surface area contributed by atoms with Crippen molar-refractivity contribution >= 4 is 38.6 Å². The molecule has 33 heavy (non-hydrogen) atoms. The van der Waals surface area contributed by atoms with Crippen molar-refractivity contribution in [3.8, 4) is 16.8 Å². The molecule has 6 nitrogen and oxygen atoms in total. The number of pyridine rings is 1. The van der Waals surface area contributed by atoms with Gasteiger partial charge in [0.15, 0.2) is 0 Å². The second-order valence-electron chi connectivity index (χ2n) is 7.05. The number of hydrogen-bond donors (Lipinski definition) is 1. The number of nitrogens with zero attached hydrogens (tertiary/aromatic N) is 2. The van der Waals surface area contributed by atoms with Gasteiger partial charge in [-0.25, -0.2) is 35.7 Å². The van der Waals surface area contributed by atoms with Gasteiger partial charge < -0.3 is 0 Å². The Balaban J connectivity index is 1.92. The van der Waals surface area contributed by atoms with Crippen LogP contribution in [0.5, 0.6) is 0 Å². The highest BCUT2D eigenvalue weighted by Crippen LogP contribution is 2.36. The maximum atomic E-state index is 14.7. The molecular weight excluding hydrogens is 486 g/mol. The van der Waals surface area contributed by atoms with Gasteiger partial charge in [0.2, 0.25) is 10.0 Å². The van der Waals surface area contributed by atoms with E-state index in [0.717, 1.165) is 42.8 Å². The smallest absolute Gasteiger partial charge is 0.267 e. The van der Waals surface area contributed by atoms with Crippen molar-refractivity contribution in [2.24, 2.45) is 0 Å². The van der Waals surface area contributed by atoms with Crippen molar-refractivity contribution in [2.45, 2.75) is 0 Å². The zero-order valence-corrected chi connectivity index (χ0v) is 18.1. The summed E-state index contributed by atoms with van der Waals surface area (Å²) in [6.45, 7) is 0. The van der Waals surface area contributed by atoms with Gasteiger partial charge in [-0.05, 0) is 24.3 Å². The first kappa shape index (κ1) is 22.7. The molecule has 0 aliphatic heterocycles. The summed E-state index contributed by atoms with van der Waals surface area (Å²) in [5.74, 6) is -4.78. The lowest BCUT2D eigenvalue weighted by Crippen LogP contribution is -2.30. The number of halogens is 5. The molecule has 2 aromatic carbocycles. The highest BCUT2D eigenvalue weighted by atomic mass is 35.5. The molecule has 0 spiro atoms. The van der Waals surface area contributed by atoms with Gasteiger partial charge in [-0.15, -0.1) is 0 Å². The average Bonchev–Trinajstić information content (AvgIpc) is 3.06. The summed E-state index contributed by atoms with van der Waals surface area (Å²) < 4.78 is 81.9. The SMILES string of the molecule is CS(=O)(=O)NC(=O)c1cc(Cl)c(-n2cc(-c3ccc(F)cc3F)c3cc(F)cnc32)cc1F. The van der Waals surface area contributed by atoms with Crippen molar-refractivity contribution in [2.75, 3.05) is 6.26 Å². The van der Waals surface area contributed by atoms with Gasteiger partial charge in [0.05, 0.1) is 28.7 Å². The monoisotopic (exact) mass is 497 g/mol. The third-order valence-electron chi connectivity index (χ3n) is 4.65. The lowest BCUT2D eigenvalue weighted by Gasteiger charge is -2.11. The molecule has 0 saturated heterocycles. The molecule has 2 heterocycles. The van der Waals surface area contributed by atoms with Crippen LogP contribution in [0.3, 0.4) is 0 Å². The van der Waals surface area contributed by atoms with E-state index in [9.17, 15) is 30.8 Å². The predicted molar refractivity (Wildman–Crippen MR) is 114 cm³/mol. The summed E-state index contributed by atoms with van der Waals surface area (Å²) in [4.78, 5) is 16.0. The molecule has 1 N–H and O–H groups in total. The van der Waals surface area contributed by atoms with Gasteiger partial charge in [0.25, 0.3) is 5.91 Å². The number of carbonyl (C=O) groups excluding carboxylic acids is 1. The van der Waals surface area contributed by atoms with Crippen molar-refractivity contribution < 1.29 is 30.8 Å². The predicted octanol–water partition coefficient (Wildman–Crippen LogP) is 4.59. The van der Waals surface area contributed by atoms with E-state index >= 15 is 0 Å². The van der Waals surface area contributed by atoms with E-state index in [2.05, 4.69) is 4.98 Å². The summed E-state index contributed by atoms with van der Waals surface area (Å²) in [6, 6.07) is 5.70. The van der Waals surface area contributed by atoms with Gasteiger partial charge in [0.1, 0.15) is 28.9 Å². The molecule has 0 saturated carbocycles. The third kappa shape index (κ3) is 4.41. The number of rotatable bonds is 4. The van der Waals surface area contributed by atoms with Gasteiger partial charge in [0, 0.05) is 34.8 Å². The molecule has 1 amide bonds. The Hall–Kier alpha value is -3.44. The first-order chi connectivity index (χ1) is 15.4. The number of sulfonamides is 1. The zero-order valence-electron chi connectivity index (χ0n) is 16.5. The van der Waals surface area contributed by atoms with E-state index < -0.39 is 44.8 Å². The molecular formula is C21H12ClF4N3O3S. The Morgan fingerprint density at radius 3 is 2.39 bits per heavy atom. The second-order valence-corrected chi connectivity index (χ2v) is 9.20. The number of nitrogens with one attached hydrogen (secondary N) is 1. The fraction of sp³-hybridized carbons (Fsp3) is 0.0476. The largest absolute Gasteiger partial charge is 0.299 e. The molecule has 0 aliphatic rings. The van der Waals surface area contributed by atoms with Crippen LogP contribution in [0.25, 0.3) is 27.8 Å².